The number of para-hydroxylation sites is 2. The molecular formula is C51H34N4O2. The molecule has 0 spiro atoms. The molecule has 1 aliphatic heterocycles. The number of nitrogens with zero attached hydrogens (tertiary/aromatic N) is 2. The highest BCUT2D eigenvalue weighted by Gasteiger charge is 2.26. The van der Waals surface area contributed by atoms with E-state index in [9.17, 15) is 0 Å². The molecule has 2 N–H and O–H groups in total. The van der Waals surface area contributed by atoms with Gasteiger partial charge in [-0.15, -0.1) is 0 Å². The quantitative estimate of drug-likeness (QED) is 0.185. The van der Waals surface area contributed by atoms with Crippen molar-refractivity contribution >= 4 is 71.5 Å². The first kappa shape index (κ1) is 31.9. The van der Waals surface area contributed by atoms with Crippen LogP contribution in [0.2, 0.25) is 0 Å². The molecule has 2 unspecified atom stereocenters. The molecule has 11 aromatic rings. The minimum Gasteiger partial charge on any atom is -0.456 e. The van der Waals surface area contributed by atoms with Gasteiger partial charge in [0.15, 0.2) is 0 Å². The van der Waals surface area contributed by atoms with Gasteiger partial charge in [-0.05, 0) is 82.9 Å². The van der Waals surface area contributed by atoms with Crippen LogP contribution < -0.4 is 10.6 Å². The van der Waals surface area contributed by atoms with E-state index in [0.29, 0.717) is 0 Å². The molecule has 6 heteroatoms. The molecular weight excluding hydrogens is 701 g/mol. The average Bonchev–Trinajstić information content (AvgIpc) is 3.95. The van der Waals surface area contributed by atoms with E-state index >= 15 is 0 Å². The summed E-state index contributed by atoms with van der Waals surface area (Å²) < 4.78 is 15.3. The zero-order chi connectivity index (χ0) is 37.5. The lowest BCUT2D eigenvalue weighted by molar-refractivity contribution is 0.409. The van der Waals surface area contributed by atoms with Crippen molar-refractivity contribution in [3.8, 4) is 16.8 Å². The van der Waals surface area contributed by atoms with Crippen LogP contribution in [0.15, 0.2) is 196 Å². The predicted octanol–water partition coefficient (Wildman–Crippen LogP) is 12.6. The molecule has 0 amide bonds. The maximum absolute atomic E-state index is 6.52. The van der Waals surface area contributed by atoms with E-state index in [1.165, 1.54) is 21.8 Å². The van der Waals surface area contributed by atoms with E-state index in [2.05, 4.69) is 173 Å². The molecule has 0 fully saturated rings. The number of benzene rings is 8. The van der Waals surface area contributed by atoms with Crippen LogP contribution in [0.5, 0.6) is 0 Å². The molecule has 0 aliphatic carbocycles. The molecule has 8 aromatic carbocycles. The molecule has 3 aromatic heterocycles. The summed E-state index contributed by atoms with van der Waals surface area (Å²) in [6, 6.07) is 63.9. The van der Waals surface area contributed by atoms with Gasteiger partial charge in [0.2, 0.25) is 0 Å². The van der Waals surface area contributed by atoms with Gasteiger partial charge in [-0.1, -0.05) is 121 Å². The fourth-order valence-corrected chi connectivity index (χ4v) is 8.82. The third-order valence-corrected chi connectivity index (χ3v) is 11.5. The number of nitrogens with one attached hydrogen (secondary N) is 2. The summed E-state index contributed by atoms with van der Waals surface area (Å²) in [6.07, 6.45) is -0.396. The van der Waals surface area contributed by atoms with Gasteiger partial charge in [0.25, 0.3) is 0 Å². The SMILES string of the molecule is c1ccc(C2=NC(c3ccc4oc5ccc(-c6cccc7oc8ccc(-n9c%10ccccc%10c%10ccccc%109)cc8c67)cc5c4c3)NC(c3ccccc3)N2)cc1. The Morgan fingerprint density at radius 1 is 0.456 bits per heavy atom. The topological polar surface area (TPSA) is 67.6 Å². The smallest absolute Gasteiger partial charge is 0.136 e. The number of furan rings is 2. The Kier molecular flexibility index (Phi) is 7.03. The number of aromatic nitrogens is 1. The summed E-state index contributed by atoms with van der Waals surface area (Å²) >= 11 is 0. The molecule has 0 saturated heterocycles. The Hall–Kier alpha value is -7.41. The second-order valence-electron chi connectivity index (χ2n) is 14.8. The zero-order valence-corrected chi connectivity index (χ0v) is 30.7. The van der Waals surface area contributed by atoms with E-state index in [1.807, 2.05) is 24.3 Å². The molecule has 4 heterocycles. The number of fused-ring (bicyclic) bond motifs is 9. The van der Waals surface area contributed by atoms with Gasteiger partial charge in [0.1, 0.15) is 40.5 Å². The van der Waals surface area contributed by atoms with Gasteiger partial charge in [-0.25, -0.2) is 4.99 Å². The Labute approximate surface area is 327 Å². The molecule has 0 radical (unpaired) electrons. The molecule has 0 bridgehead atoms. The summed E-state index contributed by atoms with van der Waals surface area (Å²) in [5.74, 6) is 0.856. The van der Waals surface area contributed by atoms with Gasteiger partial charge >= 0.3 is 0 Å². The van der Waals surface area contributed by atoms with Crippen molar-refractivity contribution in [2.45, 2.75) is 12.3 Å². The maximum Gasteiger partial charge on any atom is 0.136 e. The molecule has 1 aliphatic rings. The first-order valence-corrected chi connectivity index (χ1v) is 19.3. The van der Waals surface area contributed by atoms with E-state index in [1.54, 1.807) is 0 Å². The highest BCUT2D eigenvalue weighted by atomic mass is 16.3. The van der Waals surface area contributed by atoms with Crippen LogP contribution in [-0.4, -0.2) is 10.4 Å². The third kappa shape index (κ3) is 5.12. The lowest BCUT2D eigenvalue weighted by atomic mass is 9.97. The van der Waals surface area contributed by atoms with Gasteiger partial charge in [-0.3, -0.25) is 5.32 Å². The number of hydrogen-bond acceptors (Lipinski definition) is 5. The minimum absolute atomic E-state index is 0.118. The second kappa shape index (κ2) is 12.6. The molecule has 6 nitrogen and oxygen atoms in total. The first-order chi connectivity index (χ1) is 28.2. The van der Waals surface area contributed by atoms with Crippen LogP contribution in [0.4, 0.5) is 0 Å². The number of hydrogen-bond donors (Lipinski definition) is 2. The summed E-state index contributed by atoms with van der Waals surface area (Å²) in [6.45, 7) is 0. The largest absolute Gasteiger partial charge is 0.456 e. The van der Waals surface area contributed by atoms with Gasteiger partial charge < -0.3 is 18.7 Å². The molecule has 57 heavy (non-hydrogen) atoms. The Morgan fingerprint density at radius 3 is 1.89 bits per heavy atom. The Bertz CT molecular complexity index is 3320. The fourth-order valence-electron chi connectivity index (χ4n) is 8.82. The van der Waals surface area contributed by atoms with E-state index in [0.717, 1.165) is 83.2 Å². The standard InChI is InChI=1S/C51H34N4O2/c1-3-12-31(13-4-1)49-52-50(32-14-5-2-6-15-32)54-51(53-49)34-23-26-45-40(29-34)39-28-33(22-25-44(39)56-45)36-18-11-21-47-48(36)41-30-35(24-27-46(41)57-47)55-42-19-9-7-16-37(42)38-17-8-10-20-43(38)55/h1-30,49,51,53H,(H,52,54). The highest BCUT2D eigenvalue weighted by Crippen LogP contribution is 2.41. The predicted molar refractivity (Wildman–Crippen MR) is 232 cm³/mol. The summed E-state index contributed by atoms with van der Waals surface area (Å²) in [7, 11) is 0. The van der Waals surface area contributed by atoms with Gasteiger partial charge in [0.05, 0.1) is 11.0 Å². The summed E-state index contributed by atoms with van der Waals surface area (Å²) in [5.41, 5.74) is 12.3. The lowest BCUT2D eigenvalue weighted by Gasteiger charge is -2.32. The molecule has 270 valence electrons. The third-order valence-electron chi connectivity index (χ3n) is 11.5. The van der Waals surface area contributed by atoms with Crippen molar-refractivity contribution < 1.29 is 8.83 Å². The number of aliphatic imine (C=N–C) groups is 1. The maximum atomic E-state index is 6.52. The number of rotatable bonds is 5. The zero-order valence-electron chi connectivity index (χ0n) is 30.7. The first-order valence-electron chi connectivity index (χ1n) is 19.3. The van der Waals surface area contributed by atoms with Crippen LogP contribution in [0, 0.1) is 0 Å². The van der Waals surface area contributed by atoms with Crippen molar-refractivity contribution in [3.63, 3.8) is 0 Å². The van der Waals surface area contributed by atoms with E-state index in [-0.39, 0.29) is 12.3 Å². The minimum atomic E-state index is -0.279. The number of amidine groups is 1. The van der Waals surface area contributed by atoms with Crippen molar-refractivity contribution in [3.05, 3.63) is 199 Å². The van der Waals surface area contributed by atoms with Crippen molar-refractivity contribution in [2.75, 3.05) is 0 Å². The Morgan fingerprint density at radius 2 is 1.11 bits per heavy atom. The normalized spacial score (nSPS) is 15.9. The van der Waals surface area contributed by atoms with Crippen LogP contribution in [0.1, 0.15) is 29.0 Å². The van der Waals surface area contributed by atoms with Crippen LogP contribution >= 0.6 is 0 Å². The van der Waals surface area contributed by atoms with Crippen LogP contribution in [0.25, 0.3) is 82.5 Å². The van der Waals surface area contributed by atoms with Crippen LogP contribution in [0.3, 0.4) is 0 Å². The van der Waals surface area contributed by atoms with Crippen molar-refractivity contribution in [1.82, 2.24) is 15.2 Å². The molecule has 12 rings (SSSR count). The van der Waals surface area contributed by atoms with Crippen LogP contribution in [-0.2, 0) is 0 Å². The van der Waals surface area contributed by atoms with E-state index in [4.69, 9.17) is 13.8 Å². The Balaban J connectivity index is 0.989. The van der Waals surface area contributed by atoms with Crippen molar-refractivity contribution in [1.29, 1.82) is 0 Å². The fraction of sp³-hybridized carbons (Fsp3) is 0.0392. The molecule has 2 atom stereocenters. The summed E-state index contributed by atoms with van der Waals surface area (Å²) in [4.78, 5) is 5.20. The molecule has 0 saturated carbocycles. The summed E-state index contributed by atoms with van der Waals surface area (Å²) in [5, 5.41) is 14.2. The monoisotopic (exact) mass is 734 g/mol. The lowest BCUT2D eigenvalue weighted by Crippen LogP contribution is -2.44. The average molecular weight is 735 g/mol. The van der Waals surface area contributed by atoms with E-state index < -0.39 is 0 Å². The van der Waals surface area contributed by atoms with Gasteiger partial charge in [-0.2, -0.15) is 0 Å². The second-order valence-corrected chi connectivity index (χ2v) is 14.8. The van der Waals surface area contributed by atoms with Crippen molar-refractivity contribution in [2.24, 2.45) is 4.99 Å². The highest BCUT2D eigenvalue weighted by molar-refractivity contribution is 6.15. The van der Waals surface area contributed by atoms with Gasteiger partial charge in [0, 0.05) is 43.6 Å².